The summed E-state index contributed by atoms with van der Waals surface area (Å²) in [5.41, 5.74) is -2.25. The van der Waals surface area contributed by atoms with E-state index in [9.17, 15) is 28.1 Å². The molecule has 0 saturated carbocycles. The van der Waals surface area contributed by atoms with Crippen LogP contribution in [-0.4, -0.2) is 31.2 Å². The Hall–Kier alpha value is -2.52. The van der Waals surface area contributed by atoms with E-state index in [2.05, 4.69) is 9.47 Å². The van der Waals surface area contributed by atoms with Crippen molar-refractivity contribution in [1.29, 1.82) is 0 Å². The number of ether oxygens (including phenoxy) is 3. The predicted molar refractivity (Wildman–Crippen MR) is 66.8 cm³/mol. The van der Waals surface area contributed by atoms with Gasteiger partial charge in [-0.25, -0.2) is 4.79 Å². The monoisotopic (exact) mass is 323 g/mol. The van der Waals surface area contributed by atoms with Crippen molar-refractivity contribution in [2.75, 3.05) is 20.3 Å². The van der Waals surface area contributed by atoms with Gasteiger partial charge in [0.05, 0.1) is 18.6 Å². The first-order chi connectivity index (χ1) is 10.2. The maximum absolute atomic E-state index is 12.8. The molecular weight excluding hydrogens is 311 g/mol. The molecule has 0 aromatic heterocycles. The summed E-state index contributed by atoms with van der Waals surface area (Å²) in [5.74, 6) is -1.99. The fourth-order valence-electron chi connectivity index (χ4n) is 1.54. The van der Waals surface area contributed by atoms with Gasteiger partial charge in [-0.2, -0.15) is 13.2 Å². The summed E-state index contributed by atoms with van der Waals surface area (Å²) in [6.07, 6.45) is -4.84. The highest BCUT2D eigenvalue weighted by atomic mass is 19.4. The van der Waals surface area contributed by atoms with Gasteiger partial charge in [0.1, 0.15) is 11.3 Å². The molecule has 7 nitrogen and oxygen atoms in total. The number of nitro benzene ring substituents is 1. The highest BCUT2D eigenvalue weighted by molar-refractivity contribution is 5.71. The zero-order valence-electron chi connectivity index (χ0n) is 11.6. The number of methoxy groups -OCH3 is 1. The van der Waals surface area contributed by atoms with Gasteiger partial charge in [0.15, 0.2) is 6.61 Å². The molecule has 0 spiro atoms. The second kappa shape index (κ2) is 6.96. The van der Waals surface area contributed by atoms with Crippen LogP contribution in [0.2, 0.25) is 0 Å². The Kier molecular flexibility index (Phi) is 5.55. The SMILES string of the molecule is CCOC(=O)COc1cc(OC)c(C(F)(F)F)cc1[N+](=O)[O-]. The topological polar surface area (TPSA) is 87.9 Å². The third kappa shape index (κ3) is 4.24. The fourth-order valence-corrected chi connectivity index (χ4v) is 1.54. The standard InChI is InChI=1S/C12H12F3NO6/c1-3-21-11(17)6-22-10-5-9(20-2)7(12(13,14)15)4-8(10)16(18)19/h4-5H,3,6H2,1-2H3. The van der Waals surface area contributed by atoms with Gasteiger partial charge in [-0.15, -0.1) is 0 Å². The molecular formula is C12H12F3NO6. The second-order valence-electron chi connectivity index (χ2n) is 3.87. The molecule has 0 aliphatic carbocycles. The van der Waals surface area contributed by atoms with E-state index in [1.165, 1.54) is 0 Å². The number of hydrogen-bond donors (Lipinski definition) is 0. The van der Waals surface area contributed by atoms with E-state index < -0.39 is 46.4 Å². The van der Waals surface area contributed by atoms with E-state index in [0.717, 1.165) is 7.11 Å². The van der Waals surface area contributed by atoms with Gasteiger partial charge < -0.3 is 14.2 Å². The van der Waals surface area contributed by atoms with Gasteiger partial charge in [-0.05, 0) is 6.92 Å². The molecule has 122 valence electrons. The Balaban J connectivity index is 3.21. The molecule has 0 fully saturated rings. The summed E-state index contributed by atoms with van der Waals surface area (Å²) in [7, 11) is 0.978. The molecule has 0 saturated heterocycles. The van der Waals surface area contributed by atoms with Crippen LogP contribution in [-0.2, 0) is 15.7 Å². The molecule has 1 aromatic rings. The predicted octanol–water partition coefficient (Wildman–Crippen LogP) is 2.56. The molecule has 0 heterocycles. The molecule has 10 heteroatoms. The number of alkyl halides is 3. The minimum Gasteiger partial charge on any atom is -0.496 e. The molecule has 0 unspecified atom stereocenters. The van der Waals surface area contributed by atoms with Crippen molar-refractivity contribution in [2.24, 2.45) is 0 Å². The summed E-state index contributed by atoms with van der Waals surface area (Å²) in [5, 5.41) is 10.9. The zero-order valence-corrected chi connectivity index (χ0v) is 11.6. The molecule has 0 N–H and O–H groups in total. The van der Waals surface area contributed by atoms with E-state index in [-0.39, 0.29) is 6.61 Å². The van der Waals surface area contributed by atoms with Crippen LogP contribution in [0, 0.1) is 10.1 Å². The largest absolute Gasteiger partial charge is 0.496 e. The third-order valence-electron chi connectivity index (χ3n) is 2.43. The molecule has 0 atom stereocenters. The molecule has 22 heavy (non-hydrogen) atoms. The van der Waals surface area contributed by atoms with E-state index in [1.54, 1.807) is 6.92 Å². The molecule has 0 radical (unpaired) electrons. The second-order valence-corrected chi connectivity index (χ2v) is 3.87. The first-order valence-electron chi connectivity index (χ1n) is 5.92. The highest BCUT2D eigenvalue weighted by Crippen LogP contribution is 2.42. The number of nitro groups is 1. The first kappa shape index (κ1) is 17.5. The van der Waals surface area contributed by atoms with Gasteiger partial charge >= 0.3 is 17.8 Å². The minimum absolute atomic E-state index is 0.0701. The van der Waals surface area contributed by atoms with Crippen LogP contribution < -0.4 is 9.47 Å². The third-order valence-corrected chi connectivity index (χ3v) is 2.43. The van der Waals surface area contributed by atoms with Crippen molar-refractivity contribution in [2.45, 2.75) is 13.1 Å². The maximum Gasteiger partial charge on any atom is 0.420 e. The van der Waals surface area contributed by atoms with E-state index >= 15 is 0 Å². The normalized spacial score (nSPS) is 11.0. The average Bonchev–Trinajstić information content (AvgIpc) is 2.43. The summed E-state index contributed by atoms with van der Waals surface area (Å²) >= 11 is 0. The average molecular weight is 323 g/mol. The lowest BCUT2D eigenvalue weighted by atomic mass is 10.1. The number of hydrogen-bond acceptors (Lipinski definition) is 6. The van der Waals surface area contributed by atoms with E-state index in [0.29, 0.717) is 12.1 Å². The molecule has 0 aliphatic heterocycles. The van der Waals surface area contributed by atoms with E-state index in [1.807, 2.05) is 0 Å². The lowest BCUT2D eigenvalue weighted by Gasteiger charge is -2.14. The number of carbonyl (C=O) groups excluding carboxylic acids is 1. The van der Waals surface area contributed by atoms with Gasteiger partial charge in [0.2, 0.25) is 5.75 Å². The van der Waals surface area contributed by atoms with Crippen LogP contribution in [0.15, 0.2) is 12.1 Å². The molecule has 1 rings (SSSR count). The summed E-state index contributed by atoms with van der Waals surface area (Å²) in [4.78, 5) is 21.0. The summed E-state index contributed by atoms with van der Waals surface area (Å²) < 4.78 is 52.4. The van der Waals surface area contributed by atoms with Crippen LogP contribution in [0.3, 0.4) is 0 Å². The van der Waals surface area contributed by atoms with Crippen molar-refractivity contribution in [1.82, 2.24) is 0 Å². The number of rotatable bonds is 6. The minimum atomic E-state index is -4.84. The number of carbonyl (C=O) groups is 1. The molecule has 0 amide bonds. The lowest BCUT2D eigenvalue weighted by molar-refractivity contribution is -0.386. The lowest BCUT2D eigenvalue weighted by Crippen LogP contribution is -2.16. The number of benzene rings is 1. The Bertz CT molecular complexity index is 573. The Labute approximate surface area is 122 Å². The smallest absolute Gasteiger partial charge is 0.420 e. The Morgan fingerprint density at radius 3 is 2.41 bits per heavy atom. The quantitative estimate of drug-likeness (QED) is 0.454. The zero-order chi connectivity index (χ0) is 16.9. The van der Waals surface area contributed by atoms with Crippen LogP contribution in [0.25, 0.3) is 0 Å². The van der Waals surface area contributed by atoms with Gasteiger partial charge in [0, 0.05) is 12.1 Å². The number of halogens is 3. The maximum atomic E-state index is 12.8. The van der Waals surface area contributed by atoms with Crippen molar-refractivity contribution in [3.05, 3.63) is 27.8 Å². The molecule has 0 bridgehead atoms. The Morgan fingerprint density at radius 2 is 1.95 bits per heavy atom. The van der Waals surface area contributed by atoms with Crippen LogP contribution in [0.5, 0.6) is 11.5 Å². The van der Waals surface area contributed by atoms with Gasteiger partial charge in [0.25, 0.3) is 0 Å². The number of nitrogens with zero attached hydrogens (tertiary/aromatic N) is 1. The molecule has 1 aromatic carbocycles. The van der Waals surface area contributed by atoms with Crippen molar-refractivity contribution in [3.8, 4) is 11.5 Å². The van der Waals surface area contributed by atoms with Crippen LogP contribution in [0.1, 0.15) is 12.5 Å². The van der Waals surface area contributed by atoms with Crippen molar-refractivity contribution < 1.29 is 37.1 Å². The summed E-state index contributed by atoms with van der Waals surface area (Å²) in [6.45, 7) is 0.936. The van der Waals surface area contributed by atoms with Crippen molar-refractivity contribution in [3.63, 3.8) is 0 Å². The molecule has 0 aliphatic rings. The van der Waals surface area contributed by atoms with Gasteiger partial charge in [-0.1, -0.05) is 0 Å². The first-order valence-corrected chi connectivity index (χ1v) is 5.92. The van der Waals surface area contributed by atoms with E-state index in [4.69, 9.17) is 4.74 Å². The summed E-state index contributed by atoms with van der Waals surface area (Å²) in [6, 6.07) is 1.000. The van der Waals surface area contributed by atoms with Crippen LogP contribution in [0.4, 0.5) is 18.9 Å². The highest BCUT2D eigenvalue weighted by Gasteiger charge is 2.37. The van der Waals surface area contributed by atoms with Crippen LogP contribution >= 0.6 is 0 Å². The Morgan fingerprint density at radius 1 is 1.32 bits per heavy atom. The van der Waals surface area contributed by atoms with Gasteiger partial charge in [-0.3, -0.25) is 10.1 Å². The van der Waals surface area contributed by atoms with Crippen molar-refractivity contribution >= 4 is 11.7 Å². The number of esters is 1. The fraction of sp³-hybridized carbons (Fsp3) is 0.417.